The summed E-state index contributed by atoms with van der Waals surface area (Å²) in [5.41, 5.74) is 2.39. The Morgan fingerprint density at radius 1 is 1.03 bits per heavy atom. The van der Waals surface area contributed by atoms with Gasteiger partial charge < -0.3 is 4.90 Å². The lowest BCUT2D eigenvalue weighted by atomic mass is 9.96. The Bertz CT molecular complexity index is 1220. The lowest BCUT2D eigenvalue weighted by Gasteiger charge is -2.33. The summed E-state index contributed by atoms with van der Waals surface area (Å²) < 4.78 is 3.36. The quantitative estimate of drug-likeness (QED) is 0.514. The molecule has 9 heteroatoms. The Morgan fingerprint density at radius 2 is 1.83 bits per heavy atom. The zero-order valence-corrected chi connectivity index (χ0v) is 16.7. The zero-order chi connectivity index (χ0) is 20.5. The summed E-state index contributed by atoms with van der Waals surface area (Å²) in [6.07, 6.45) is 8.94. The number of pyridine rings is 1. The first-order chi connectivity index (χ1) is 14.7. The van der Waals surface area contributed by atoms with Crippen molar-refractivity contribution in [2.75, 3.05) is 18.0 Å². The average molecular weight is 402 g/mol. The van der Waals surface area contributed by atoms with E-state index >= 15 is 0 Å². The van der Waals surface area contributed by atoms with Crippen LogP contribution in [0, 0.1) is 5.92 Å². The Kier molecular flexibility index (Phi) is 4.70. The second kappa shape index (κ2) is 7.66. The third-order valence-corrected chi connectivity index (χ3v) is 5.60. The van der Waals surface area contributed by atoms with E-state index in [1.54, 1.807) is 40.2 Å². The maximum Gasteiger partial charge on any atom is 0.266 e. The lowest BCUT2D eigenvalue weighted by molar-refractivity contribution is 0.335. The van der Waals surface area contributed by atoms with Gasteiger partial charge in [-0.15, -0.1) is 0 Å². The molecular formula is C21H22N8O. The number of rotatable bonds is 4. The van der Waals surface area contributed by atoms with Crippen LogP contribution in [0.25, 0.3) is 22.3 Å². The molecule has 9 nitrogen and oxygen atoms in total. The van der Waals surface area contributed by atoms with Crippen LogP contribution in [0.4, 0.5) is 5.82 Å². The van der Waals surface area contributed by atoms with Gasteiger partial charge in [-0.3, -0.25) is 14.5 Å². The summed E-state index contributed by atoms with van der Waals surface area (Å²) in [6.45, 7) is 2.38. The molecule has 0 unspecified atom stereocenters. The molecule has 0 saturated carbocycles. The van der Waals surface area contributed by atoms with E-state index in [9.17, 15) is 4.79 Å². The van der Waals surface area contributed by atoms with E-state index < -0.39 is 0 Å². The van der Waals surface area contributed by atoms with E-state index in [0.29, 0.717) is 18.1 Å². The molecule has 4 aromatic rings. The molecule has 0 spiro atoms. The lowest BCUT2D eigenvalue weighted by Crippen LogP contribution is -2.37. The number of fused-ring (bicyclic) bond motifs is 1. The van der Waals surface area contributed by atoms with Crippen molar-refractivity contribution in [3.63, 3.8) is 0 Å². The van der Waals surface area contributed by atoms with Crippen LogP contribution in [-0.4, -0.2) is 47.6 Å². The van der Waals surface area contributed by atoms with Crippen LogP contribution in [0.5, 0.6) is 0 Å². The predicted molar refractivity (Wildman–Crippen MR) is 113 cm³/mol. The van der Waals surface area contributed by atoms with Crippen molar-refractivity contribution in [1.29, 1.82) is 0 Å². The largest absolute Gasteiger partial charge is 0.356 e. The molecule has 4 aromatic heterocycles. The summed E-state index contributed by atoms with van der Waals surface area (Å²) >= 11 is 0. The van der Waals surface area contributed by atoms with E-state index in [4.69, 9.17) is 0 Å². The van der Waals surface area contributed by atoms with Gasteiger partial charge in [-0.25, -0.2) is 14.6 Å². The smallest absolute Gasteiger partial charge is 0.266 e. The van der Waals surface area contributed by atoms with Crippen LogP contribution in [0.3, 0.4) is 0 Å². The van der Waals surface area contributed by atoms with Gasteiger partial charge in [0.2, 0.25) is 0 Å². The molecule has 0 N–H and O–H groups in total. The highest BCUT2D eigenvalue weighted by atomic mass is 16.1. The Hall–Kier alpha value is -3.62. The monoisotopic (exact) mass is 402 g/mol. The van der Waals surface area contributed by atoms with Crippen molar-refractivity contribution in [2.45, 2.75) is 19.4 Å². The summed E-state index contributed by atoms with van der Waals surface area (Å²) in [4.78, 5) is 27.4. The second-order valence-corrected chi connectivity index (χ2v) is 7.64. The fourth-order valence-corrected chi connectivity index (χ4v) is 4.02. The Morgan fingerprint density at radius 3 is 2.63 bits per heavy atom. The van der Waals surface area contributed by atoms with Crippen molar-refractivity contribution in [3.05, 3.63) is 59.5 Å². The minimum Gasteiger partial charge on any atom is -0.356 e. The molecule has 1 aliphatic rings. The topological polar surface area (TPSA) is 94.6 Å². The number of hydrogen-bond acceptors (Lipinski definition) is 7. The molecule has 0 radical (unpaired) electrons. The maximum absolute atomic E-state index is 12.4. The van der Waals surface area contributed by atoms with Gasteiger partial charge in [-0.2, -0.15) is 10.2 Å². The van der Waals surface area contributed by atoms with Crippen LogP contribution < -0.4 is 10.5 Å². The molecular weight excluding hydrogens is 380 g/mol. The minimum atomic E-state index is -0.0666. The third kappa shape index (κ3) is 3.54. The molecule has 1 saturated heterocycles. The van der Waals surface area contributed by atoms with E-state index in [2.05, 4.69) is 30.0 Å². The molecule has 152 valence electrons. The first-order valence-electron chi connectivity index (χ1n) is 10.1. The number of anilines is 1. The number of nitrogens with zero attached hydrogens (tertiary/aromatic N) is 8. The first-order valence-corrected chi connectivity index (χ1v) is 10.1. The fraction of sp³-hybridized carbons (Fsp3) is 0.333. The van der Waals surface area contributed by atoms with Crippen LogP contribution >= 0.6 is 0 Å². The van der Waals surface area contributed by atoms with Gasteiger partial charge in [0.1, 0.15) is 12.1 Å². The van der Waals surface area contributed by atoms with Crippen molar-refractivity contribution >= 4 is 16.9 Å². The first kappa shape index (κ1) is 18.4. The Labute approximate surface area is 173 Å². The molecule has 0 atom stereocenters. The van der Waals surface area contributed by atoms with Crippen LogP contribution in [0.15, 0.2) is 54.0 Å². The average Bonchev–Trinajstić information content (AvgIpc) is 3.17. The highest BCUT2D eigenvalue weighted by molar-refractivity contribution is 5.86. The molecule has 0 aliphatic carbocycles. The maximum atomic E-state index is 12.4. The third-order valence-electron chi connectivity index (χ3n) is 5.60. The van der Waals surface area contributed by atoms with Crippen molar-refractivity contribution in [2.24, 2.45) is 13.0 Å². The van der Waals surface area contributed by atoms with E-state index in [-0.39, 0.29) is 5.56 Å². The fourth-order valence-electron chi connectivity index (χ4n) is 4.02. The summed E-state index contributed by atoms with van der Waals surface area (Å²) in [7, 11) is 1.89. The van der Waals surface area contributed by atoms with Crippen molar-refractivity contribution in [1.82, 2.24) is 34.5 Å². The van der Waals surface area contributed by atoms with Gasteiger partial charge in [0.05, 0.1) is 11.1 Å². The summed E-state index contributed by atoms with van der Waals surface area (Å²) in [5, 5.41) is 9.93. The predicted octanol–water partition coefficient (Wildman–Crippen LogP) is 1.90. The highest BCUT2D eigenvalue weighted by Gasteiger charge is 2.23. The Balaban J connectivity index is 1.30. The molecule has 0 bridgehead atoms. The minimum absolute atomic E-state index is 0.0666. The van der Waals surface area contributed by atoms with Gasteiger partial charge in [-0.05, 0) is 37.0 Å². The molecule has 30 heavy (non-hydrogen) atoms. The number of hydrogen-bond donors (Lipinski definition) is 0. The number of aryl methyl sites for hydroxylation is 1. The normalized spacial score (nSPS) is 15.0. The number of piperidine rings is 1. The summed E-state index contributed by atoms with van der Waals surface area (Å²) in [6, 6.07) is 7.16. The van der Waals surface area contributed by atoms with Crippen molar-refractivity contribution < 1.29 is 0 Å². The van der Waals surface area contributed by atoms with E-state index in [0.717, 1.165) is 48.4 Å². The summed E-state index contributed by atoms with van der Waals surface area (Å²) in [5.74, 6) is 1.33. The molecule has 1 aliphatic heterocycles. The molecule has 5 heterocycles. The van der Waals surface area contributed by atoms with E-state index in [1.165, 1.54) is 0 Å². The molecule has 1 fully saturated rings. The van der Waals surface area contributed by atoms with Gasteiger partial charge in [0.15, 0.2) is 5.65 Å². The molecule has 5 rings (SSSR count). The zero-order valence-electron chi connectivity index (χ0n) is 16.7. The SMILES string of the molecule is Cn1cc2c(N3CCC(Cn4nc(-c5ccncc5)ccc4=O)CC3)ncnc2n1. The van der Waals surface area contributed by atoms with Gasteiger partial charge in [0.25, 0.3) is 5.56 Å². The number of aromatic nitrogens is 7. The van der Waals surface area contributed by atoms with Crippen LogP contribution in [-0.2, 0) is 13.6 Å². The second-order valence-electron chi connectivity index (χ2n) is 7.64. The highest BCUT2D eigenvalue weighted by Crippen LogP contribution is 2.27. The van der Waals surface area contributed by atoms with Gasteiger partial charge >= 0.3 is 0 Å². The molecule has 0 amide bonds. The molecule has 0 aromatic carbocycles. The van der Waals surface area contributed by atoms with Crippen molar-refractivity contribution in [3.8, 4) is 11.3 Å². The van der Waals surface area contributed by atoms with E-state index in [1.807, 2.05) is 25.4 Å². The van der Waals surface area contributed by atoms with Crippen LogP contribution in [0.2, 0.25) is 0 Å². The van der Waals surface area contributed by atoms with Crippen LogP contribution in [0.1, 0.15) is 12.8 Å². The standard InChI is InChI=1S/C21H22N8O/c1-27-13-17-20(26-27)23-14-24-21(17)28-10-6-15(7-11-28)12-29-19(30)3-2-18(25-29)16-4-8-22-9-5-16/h2-5,8-9,13-15H,6-7,10-12H2,1H3. The van der Waals surface area contributed by atoms with Gasteiger partial charge in [-0.1, -0.05) is 0 Å². The van der Waals surface area contributed by atoms with Gasteiger partial charge in [0, 0.05) is 56.9 Å².